The molecule has 0 aromatic carbocycles. The summed E-state index contributed by atoms with van der Waals surface area (Å²) in [4.78, 5) is 26.2. The number of hydrogen-bond acceptors (Lipinski definition) is 3. The third kappa shape index (κ3) is 4.47. The summed E-state index contributed by atoms with van der Waals surface area (Å²) < 4.78 is 0. The molecule has 1 rings (SSSR count). The molecule has 1 fully saturated rings. The number of amides is 2. The molecule has 0 aromatic heterocycles. The van der Waals surface area contributed by atoms with Crippen molar-refractivity contribution in [3.05, 3.63) is 0 Å². The van der Waals surface area contributed by atoms with Gasteiger partial charge in [-0.1, -0.05) is 27.7 Å². The number of nitrogens with zero attached hydrogens (tertiary/aromatic N) is 1. The van der Waals surface area contributed by atoms with Gasteiger partial charge in [0, 0.05) is 18.5 Å². The molecule has 1 aliphatic rings. The second kappa shape index (κ2) is 7.07. The Morgan fingerprint density at radius 1 is 1.40 bits per heavy atom. The average Bonchev–Trinajstić information content (AvgIpc) is 2.85. The highest BCUT2D eigenvalue weighted by molar-refractivity contribution is 5.90. The minimum Gasteiger partial charge on any atom is -0.393 e. The van der Waals surface area contributed by atoms with Gasteiger partial charge in [0.25, 0.3) is 0 Å². The molecule has 1 aliphatic heterocycles. The number of carbonyl (C=O) groups is 2. The normalized spacial score (nSPS) is 20.9. The van der Waals surface area contributed by atoms with Gasteiger partial charge in [-0.15, -0.1) is 0 Å². The summed E-state index contributed by atoms with van der Waals surface area (Å²) in [5, 5.41) is 12.3. The fourth-order valence-corrected chi connectivity index (χ4v) is 2.40. The summed E-state index contributed by atoms with van der Waals surface area (Å²) in [5.41, 5.74) is -0.457. The number of nitrogens with one attached hydrogen (secondary N) is 1. The molecule has 0 aliphatic carbocycles. The van der Waals surface area contributed by atoms with Crippen molar-refractivity contribution in [3.63, 3.8) is 0 Å². The molecule has 1 heterocycles. The van der Waals surface area contributed by atoms with E-state index in [9.17, 15) is 14.7 Å². The van der Waals surface area contributed by atoms with Crippen LogP contribution in [0.25, 0.3) is 0 Å². The second-order valence-corrected chi connectivity index (χ2v) is 6.55. The molecule has 0 saturated carbocycles. The molecule has 0 spiro atoms. The maximum atomic E-state index is 12.3. The topological polar surface area (TPSA) is 69.6 Å². The number of likely N-dealkylation sites (tertiary alicyclic amines) is 1. The van der Waals surface area contributed by atoms with Gasteiger partial charge in [-0.25, -0.2) is 0 Å². The van der Waals surface area contributed by atoms with Crippen LogP contribution in [0.3, 0.4) is 0 Å². The first-order valence-corrected chi connectivity index (χ1v) is 7.54. The smallest absolute Gasteiger partial charge is 0.242 e. The Bertz CT molecular complexity index is 350. The predicted molar refractivity (Wildman–Crippen MR) is 78.1 cm³/mol. The summed E-state index contributed by atoms with van der Waals surface area (Å²) in [6, 6.07) is -0.347. The van der Waals surface area contributed by atoms with E-state index in [0.29, 0.717) is 25.9 Å². The fraction of sp³-hybridized carbons (Fsp3) is 0.867. The van der Waals surface area contributed by atoms with Gasteiger partial charge in [0.15, 0.2) is 0 Å². The minimum absolute atomic E-state index is 0.0312. The van der Waals surface area contributed by atoms with Gasteiger partial charge in [-0.05, 0) is 25.7 Å². The third-order valence-corrected chi connectivity index (χ3v) is 3.71. The number of rotatable bonds is 5. The lowest BCUT2D eigenvalue weighted by Gasteiger charge is -2.30. The molecule has 2 atom stereocenters. The molecular formula is C15H28N2O3. The molecule has 2 unspecified atom stereocenters. The average molecular weight is 284 g/mol. The first-order chi connectivity index (χ1) is 9.27. The zero-order valence-corrected chi connectivity index (χ0v) is 13.1. The van der Waals surface area contributed by atoms with E-state index in [0.717, 1.165) is 12.8 Å². The van der Waals surface area contributed by atoms with Gasteiger partial charge in [0.05, 0.1) is 6.10 Å². The number of hydrogen-bond donors (Lipinski definition) is 2. The standard InChI is InChI=1S/C15H28N2O3/c1-5-11(18)8-9-16-13(19)12-7-6-10-17(12)14(20)15(2,3)4/h11-12,18H,5-10H2,1-4H3,(H,16,19). The maximum absolute atomic E-state index is 12.3. The monoisotopic (exact) mass is 284 g/mol. The Morgan fingerprint density at radius 3 is 2.60 bits per heavy atom. The highest BCUT2D eigenvalue weighted by Crippen LogP contribution is 2.25. The number of carbonyl (C=O) groups excluding carboxylic acids is 2. The van der Waals surface area contributed by atoms with Crippen LogP contribution in [0.1, 0.15) is 53.4 Å². The van der Waals surface area contributed by atoms with Gasteiger partial charge in [0.2, 0.25) is 11.8 Å². The quantitative estimate of drug-likeness (QED) is 0.799. The van der Waals surface area contributed by atoms with Crippen LogP contribution in [0.4, 0.5) is 0 Å². The molecule has 5 heteroatoms. The summed E-state index contributed by atoms with van der Waals surface area (Å²) >= 11 is 0. The first-order valence-electron chi connectivity index (χ1n) is 7.54. The van der Waals surface area contributed by atoms with Crippen molar-refractivity contribution in [2.45, 2.75) is 65.5 Å². The van der Waals surface area contributed by atoms with E-state index in [1.807, 2.05) is 27.7 Å². The highest BCUT2D eigenvalue weighted by atomic mass is 16.3. The van der Waals surface area contributed by atoms with Crippen LogP contribution in [0.5, 0.6) is 0 Å². The van der Waals surface area contributed by atoms with Crippen molar-refractivity contribution in [2.24, 2.45) is 5.41 Å². The lowest BCUT2D eigenvalue weighted by atomic mass is 9.94. The van der Waals surface area contributed by atoms with E-state index in [1.165, 1.54) is 0 Å². The first kappa shape index (κ1) is 17.0. The lowest BCUT2D eigenvalue weighted by molar-refractivity contribution is -0.144. The van der Waals surface area contributed by atoms with Crippen LogP contribution in [0, 0.1) is 5.41 Å². The van der Waals surface area contributed by atoms with Gasteiger partial charge in [0.1, 0.15) is 6.04 Å². The Balaban J connectivity index is 2.52. The second-order valence-electron chi connectivity index (χ2n) is 6.55. The largest absolute Gasteiger partial charge is 0.393 e. The van der Waals surface area contributed by atoms with E-state index in [-0.39, 0.29) is 24.0 Å². The minimum atomic E-state index is -0.457. The van der Waals surface area contributed by atoms with Crippen molar-refractivity contribution >= 4 is 11.8 Å². The van der Waals surface area contributed by atoms with Crippen molar-refractivity contribution in [1.82, 2.24) is 10.2 Å². The van der Waals surface area contributed by atoms with E-state index in [2.05, 4.69) is 5.32 Å². The van der Waals surface area contributed by atoms with Crippen LogP contribution >= 0.6 is 0 Å². The molecule has 2 amide bonds. The third-order valence-electron chi connectivity index (χ3n) is 3.71. The van der Waals surface area contributed by atoms with E-state index >= 15 is 0 Å². The Labute approximate surface area is 121 Å². The molecule has 0 bridgehead atoms. The van der Waals surface area contributed by atoms with Gasteiger partial charge in [-0.2, -0.15) is 0 Å². The van der Waals surface area contributed by atoms with Gasteiger partial charge >= 0.3 is 0 Å². The van der Waals surface area contributed by atoms with Crippen LogP contribution < -0.4 is 5.32 Å². The SMILES string of the molecule is CCC(O)CCNC(=O)C1CCCN1C(=O)C(C)(C)C. The summed E-state index contributed by atoms with van der Waals surface area (Å²) in [7, 11) is 0. The van der Waals surface area contributed by atoms with Crippen LogP contribution in [-0.4, -0.2) is 47.1 Å². The summed E-state index contributed by atoms with van der Waals surface area (Å²) in [5.74, 6) is -0.0628. The Hall–Kier alpha value is -1.10. The van der Waals surface area contributed by atoms with Crippen molar-refractivity contribution in [3.8, 4) is 0 Å². The molecule has 5 nitrogen and oxygen atoms in total. The molecule has 0 aromatic rings. The van der Waals surface area contributed by atoms with Crippen molar-refractivity contribution in [2.75, 3.05) is 13.1 Å². The predicted octanol–water partition coefficient (Wildman–Crippen LogP) is 1.30. The molecule has 116 valence electrons. The number of aliphatic hydroxyl groups is 1. The van der Waals surface area contributed by atoms with Crippen molar-refractivity contribution < 1.29 is 14.7 Å². The Kier molecular flexibility index (Phi) is 5.99. The van der Waals surface area contributed by atoms with Gasteiger partial charge in [-0.3, -0.25) is 9.59 Å². The van der Waals surface area contributed by atoms with Crippen LogP contribution in [0.2, 0.25) is 0 Å². The molecular weight excluding hydrogens is 256 g/mol. The maximum Gasteiger partial charge on any atom is 0.242 e. The lowest BCUT2D eigenvalue weighted by Crippen LogP contribution is -2.49. The fourth-order valence-electron chi connectivity index (χ4n) is 2.40. The Morgan fingerprint density at radius 2 is 2.05 bits per heavy atom. The zero-order valence-electron chi connectivity index (χ0n) is 13.1. The van der Waals surface area contributed by atoms with E-state index < -0.39 is 5.41 Å². The summed E-state index contributed by atoms with van der Waals surface area (Å²) in [6.07, 6.45) is 2.48. The molecule has 0 radical (unpaired) electrons. The summed E-state index contributed by atoms with van der Waals surface area (Å²) in [6.45, 7) is 8.65. The van der Waals surface area contributed by atoms with Crippen LogP contribution in [0.15, 0.2) is 0 Å². The zero-order chi connectivity index (χ0) is 15.3. The molecule has 1 saturated heterocycles. The van der Waals surface area contributed by atoms with Gasteiger partial charge < -0.3 is 15.3 Å². The van der Waals surface area contributed by atoms with E-state index in [4.69, 9.17) is 0 Å². The highest BCUT2D eigenvalue weighted by Gasteiger charge is 2.38. The van der Waals surface area contributed by atoms with Crippen molar-refractivity contribution in [1.29, 1.82) is 0 Å². The molecule has 20 heavy (non-hydrogen) atoms. The number of aliphatic hydroxyl groups excluding tert-OH is 1. The van der Waals surface area contributed by atoms with Crippen LogP contribution in [-0.2, 0) is 9.59 Å². The van der Waals surface area contributed by atoms with E-state index in [1.54, 1.807) is 4.90 Å². The molecule has 2 N–H and O–H groups in total.